The largest absolute Gasteiger partial charge is 0.295 e. The molecule has 9 heteroatoms. The molecule has 0 amide bonds. The average molecular weight is 565 g/mol. The quantitative estimate of drug-likeness (QED) is 0.222. The molecular formula is C32H52N8O. The minimum atomic E-state index is 0.132. The Morgan fingerprint density at radius 2 is 0.707 bits per heavy atom. The van der Waals surface area contributed by atoms with Gasteiger partial charge in [-0.2, -0.15) is 0 Å². The molecule has 9 rings (SSSR count). The number of nitrogens with one attached hydrogen (secondary N) is 8. The average Bonchev–Trinajstić information content (AvgIpc) is 3.72. The molecular weight excluding hydrogens is 512 g/mol. The van der Waals surface area contributed by atoms with Crippen LogP contribution in [0.4, 0.5) is 0 Å². The first-order chi connectivity index (χ1) is 20.2. The van der Waals surface area contributed by atoms with Gasteiger partial charge in [0.05, 0.1) is 49.3 Å². The molecule has 9 nitrogen and oxygen atoms in total. The Bertz CT molecular complexity index is 1040. The molecule has 0 aromatic heterocycles. The van der Waals surface area contributed by atoms with Gasteiger partial charge in [0, 0.05) is 18.3 Å². The van der Waals surface area contributed by atoms with Crippen LogP contribution in [0, 0.1) is 47.3 Å². The molecule has 41 heavy (non-hydrogen) atoms. The first kappa shape index (κ1) is 26.5. The predicted molar refractivity (Wildman–Crippen MR) is 157 cm³/mol. The molecule has 0 aromatic rings. The molecule has 0 spiro atoms. The van der Waals surface area contributed by atoms with Crippen LogP contribution in [0.5, 0.6) is 0 Å². The van der Waals surface area contributed by atoms with Crippen LogP contribution in [0.25, 0.3) is 0 Å². The molecule has 8 N–H and O–H groups in total. The third-order valence-corrected chi connectivity index (χ3v) is 13.3. The fourth-order valence-electron chi connectivity index (χ4n) is 11.4. The number of ketones is 1. The van der Waals surface area contributed by atoms with Crippen molar-refractivity contribution in [3.63, 3.8) is 0 Å². The maximum absolute atomic E-state index is 12.7. The lowest BCUT2D eigenvalue weighted by Crippen LogP contribution is -2.61. The zero-order valence-electron chi connectivity index (χ0n) is 24.5. The second kappa shape index (κ2) is 10.6. The van der Waals surface area contributed by atoms with Crippen molar-refractivity contribution >= 4 is 5.78 Å². The molecule has 9 aliphatic rings. The number of fused-ring (bicyclic) bond motifs is 20. The number of rotatable bonds is 0. The van der Waals surface area contributed by atoms with Crippen molar-refractivity contribution in [2.24, 2.45) is 47.3 Å². The monoisotopic (exact) mass is 564 g/mol. The SMILES string of the molecule is O=C1C=CC2C3NC(NC4NC(NC5NC(NC6NC(N3)C3CCCCC63)C3CCCCC53)C3CCCCC43)C2C1. The highest BCUT2D eigenvalue weighted by atomic mass is 16.1. The molecule has 8 bridgehead atoms. The first-order valence-electron chi connectivity index (χ1n) is 17.5. The highest BCUT2D eigenvalue weighted by molar-refractivity contribution is 5.90. The minimum absolute atomic E-state index is 0.132. The van der Waals surface area contributed by atoms with Gasteiger partial charge in [-0.1, -0.05) is 44.6 Å². The van der Waals surface area contributed by atoms with E-state index < -0.39 is 0 Å². The lowest BCUT2D eigenvalue weighted by Gasteiger charge is -2.35. The van der Waals surface area contributed by atoms with Crippen molar-refractivity contribution < 1.29 is 4.79 Å². The predicted octanol–water partition coefficient (Wildman–Crippen LogP) is 1.56. The van der Waals surface area contributed by atoms with E-state index in [0.29, 0.717) is 78.7 Å². The van der Waals surface area contributed by atoms with Gasteiger partial charge in [-0.05, 0) is 80.1 Å². The van der Waals surface area contributed by atoms with Gasteiger partial charge >= 0.3 is 0 Å². The van der Waals surface area contributed by atoms with Crippen LogP contribution in [-0.4, -0.2) is 55.1 Å². The van der Waals surface area contributed by atoms with E-state index in [1.807, 2.05) is 6.08 Å². The number of hydrogen-bond acceptors (Lipinski definition) is 9. The van der Waals surface area contributed by atoms with Gasteiger partial charge in [0.1, 0.15) is 0 Å². The van der Waals surface area contributed by atoms with E-state index in [-0.39, 0.29) is 30.2 Å². The van der Waals surface area contributed by atoms with Crippen molar-refractivity contribution in [1.29, 1.82) is 0 Å². The number of carbonyl (C=O) groups is 1. The normalized spacial score (nSPS) is 56.1. The molecule has 0 radical (unpaired) electrons. The van der Waals surface area contributed by atoms with Crippen molar-refractivity contribution in [2.45, 2.75) is 133 Å². The molecule has 4 aliphatic carbocycles. The first-order valence-corrected chi connectivity index (χ1v) is 17.5. The van der Waals surface area contributed by atoms with Crippen LogP contribution >= 0.6 is 0 Å². The van der Waals surface area contributed by atoms with Crippen LogP contribution in [0.3, 0.4) is 0 Å². The van der Waals surface area contributed by atoms with Crippen LogP contribution in [0.2, 0.25) is 0 Å². The molecule has 226 valence electrons. The summed E-state index contributed by atoms with van der Waals surface area (Å²) in [7, 11) is 0. The summed E-state index contributed by atoms with van der Waals surface area (Å²) < 4.78 is 0. The van der Waals surface area contributed by atoms with E-state index in [1.54, 1.807) is 0 Å². The number of hydrogen-bond donors (Lipinski definition) is 8. The fourth-order valence-corrected chi connectivity index (χ4v) is 11.4. The minimum Gasteiger partial charge on any atom is -0.295 e. The third kappa shape index (κ3) is 4.52. The second-order valence-electron chi connectivity index (χ2n) is 15.3. The highest BCUT2D eigenvalue weighted by Gasteiger charge is 2.54. The lowest BCUT2D eigenvalue weighted by molar-refractivity contribution is -0.116. The van der Waals surface area contributed by atoms with Crippen LogP contribution in [0.15, 0.2) is 12.2 Å². The summed E-state index contributed by atoms with van der Waals surface area (Å²) >= 11 is 0. The molecule has 16 unspecified atom stereocenters. The van der Waals surface area contributed by atoms with Gasteiger partial charge < -0.3 is 0 Å². The number of allylic oxidation sites excluding steroid dienone is 1. The zero-order chi connectivity index (χ0) is 27.1. The standard InChI is InChI=1S/C32H52N8O/c41-16-13-14-23-24(15-16)32-39-30-22-12-6-5-11-21(22)28(37-30)35-26-18-8-2-1-7-17(18)25(33-26)34-27-19-9-3-4-10-20(19)29(36-27)38-31(23)40-32/h13-14,17-40H,1-12,15H2. The van der Waals surface area contributed by atoms with Gasteiger partial charge in [0.2, 0.25) is 0 Å². The van der Waals surface area contributed by atoms with Crippen LogP contribution in [-0.2, 0) is 4.79 Å². The van der Waals surface area contributed by atoms with Crippen molar-refractivity contribution in [3.8, 4) is 0 Å². The Labute approximate surface area is 245 Å². The van der Waals surface area contributed by atoms with Gasteiger partial charge in [-0.15, -0.1) is 0 Å². The molecule has 3 saturated carbocycles. The van der Waals surface area contributed by atoms with Crippen molar-refractivity contribution in [1.82, 2.24) is 42.5 Å². The van der Waals surface area contributed by atoms with E-state index in [4.69, 9.17) is 0 Å². The van der Waals surface area contributed by atoms with E-state index in [9.17, 15) is 4.79 Å². The molecule has 16 atom stereocenters. The van der Waals surface area contributed by atoms with Gasteiger partial charge in [0.25, 0.3) is 0 Å². The summed E-state index contributed by atoms with van der Waals surface area (Å²) in [4.78, 5) is 12.7. The van der Waals surface area contributed by atoms with E-state index in [0.717, 1.165) is 0 Å². The van der Waals surface area contributed by atoms with E-state index in [1.165, 1.54) is 77.0 Å². The Hall–Kier alpha value is -0.910. The fraction of sp³-hybridized carbons (Fsp3) is 0.906. The van der Waals surface area contributed by atoms with E-state index in [2.05, 4.69) is 48.6 Å². The molecule has 0 aromatic carbocycles. The maximum atomic E-state index is 12.7. The second-order valence-corrected chi connectivity index (χ2v) is 15.3. The summed E-state index contributed by atoms with van der Waals surface area (Å²) in [6, 6.07) is 0. The molecule has 5 saturated heterocycles. The smallest absolute Gasteiger partial charge is 0.155 e. The lowest BCUT2D eigenvalue weighted by atomic mass is 9.77. The van der Waals surface area contributed by atoms with E-state index >= 15 is 0 Å². The number of carbonyl (C=O) groups excluding carboxylic acids is 1. The highest BCUT2D eigenvalue weighted by Crippen LogP contribution is 2.44. The molecule has 5 heterocycles. The third-order valence-electron chi connectivity index (χ3n) is 13.3. The summed E-state index contributed by atoms with van der Waals surface area (Å²) in [6.07, 6.45) is 23.0. The molecule has 5 aliphatic heterocycles. The van der Waals surface area contributed by atoms with Crippen LogP contribution in [0.1, 0.15) is 83.5 Å². The summed E-state index contributed by atoms with van der Waals surface area (Å²) in [6.45, 7) is 0. The molecule has 8 fully saturated rings. The summed E-state index contributed by atoms with van der Waals surface area (Å²) in [5.41, 5.74) is 0. The topological polar surface area (TPSA) is 113 Å². The Morgan fingerprint density at radius 3 is 1.05 bits per heavy atom. The van der Waals surface area contributed by atoms with Gasteiger partial charge in [-0.3, -0.25) is 47.3 Å². The Morgan fingerprint density at radius 1 is 0.415 bits per heavy atom. The van der Waals surface area contributed by atoms with Gasteiger partial charge in [-0.25, -0.2) is 0 Å². The Kier molecular flexibility index (Phi) is 6.86. The summed E-state index contributed by atoms with van der Waals surface area (Å²) in [5.74, 6) is 4.91. The van der Waals surface area contributed by atoms with Crippen LogP contribution < -0.4 is 42.5 Å². The van der Waals surface area contributed by atoms with Crippen molar-refractivity contribution in [2.75, 3.05) is 0 Å². The van der Waals surface area contributed by atoms with Gasteiger partial charge in [0.15, 0.2) is 5.78 Å². The zero-order valence-corrected chi connectivity index (χ0v) is 24.5. The van der Waals surface area contributed by atoms with Crippen molar-refractivity contribution in [3.05, 3.63) is 12.2 Å². The summed E-state index contributed by atoms with van der Waals surface area (Å²) in [5, 5.41) is 33.0. The Balaban J connectivity index is 1.06. The maximum Gasteiger partial charge on any atom is 0.155 e.